The number of hydrogen-bond acceptors (Lipinski definition) is 4. The van der Waals surface area contributed by atoms with Gasteiger partial charge in [0.05, 0.1) is 17.0 Å². The molecule has 0 saturated carbocycles. The first kappa shape index (κ1) is 30.1. The minimum Gasteiger partial charge on any atom is -0.354 e. The monoisotopic (exact) mass is 573 g/mol. The molecule has 0 aliphatic carbocycles. The molecule has 2 amide bonds. The van der Waals surface area contributed by atoms with Crippen LogP contribution in [0.5, 0.6) is 0 Å². The Morgan fingerprint density at radius 1 is 0.974 bits per heavy atom. The number of unbranched alkanes of at least 4 members (excludes halogenated alkanes) is 1. The number of anilines is 1. The lowest BCUT2D eigenvalue weighted by molar-refractivity contribution is -0.140. The number of carbonyl (C=O) groups excluding carboxylic acids is 2. The third kappa shape index (κ3) is 8.80. The number of benzene rings is 3. The van der Waals surface area contributed by atoms with Crippen molar-refractivity contribution in [1.29, 1.82) is 0 Å². The first-order valence-corrected chi connectivity index (χ1v) is 14.9. The highest BCUT2D eigenvalue weighted by Crippen LogP contribution is 2.25. The molecule has 1 N–H and O–H groups in total. The molecule has 0 bridgehead atoms. The number of hydrogen-bond donors (Lipinski definition) is 1. The summed E-state index contributed by atoms with van der Waals surface area (Å²) >= 11 is 5.91. The fourth-order valence-corrected chi connectivity index (χ4v) is 5.11. The van der Waals surface area contributed by atoms with E-state index in [1.807, 2.05) is 67.6 Å². The molecule has 0 unspecified atom stereocenters. The van der Waals surface area contributed by atoms with E-state index in [2.05, 4.69) is 5.32 Å². The zero-order valence-corrected chi connectivity index (χ0v) is 23.6. The number of halogens is 2. The predicted octanol–water partition coefficient (Wildman–Crippen LogP) is 4.80. The van der Waals surface area contributed by atoms with Crippen molar-refractivity contribution < 1.29 is 22.4 Å². The Labute approximate surface area is 234 Å². The molecule has 0 heterocycles. The summed E-state index contributed by atoms with van der Waals surface area (Å²) in [4.78, 5) is 28.8. The fourth-order valence-electron chi connectivity index (χ4n) is 4.09. The minimum atomic E-state index is -3.97. The quantitative estimate of drug-likeness (QED) is 0.298. The standard InChI is InChI=1S/C29H33ClFN3O4S/c1-3-4-17-32-29(36)27(18-22-11-7-5-8-12-22)33(20-23-13-9-6-10-14-23)28(35)21-34(39(2,37)38)24-15-16-26(31)25(30)19-24/h5-16,19,27H,3-4,17-18,20-21H2,1-2H3,(H,32,36)/t27-/m0/s1. The highest BCUT2D eigenvalue weighted by molar-refractivity contribution is 7.92. The first-order chi connectivity index (χ1) is 18.6. The van der Waals surface area contributed by atoms with Gasteiger partial charge in [0.1, 0.15) is 18.4 Å². The van der Waals surface area contributed by atoms with E-state index < -0.39 is 34.3 Å². The predicted molar refractivity (Wildman–Crippen MR) is 152 cm³/mol. The summed E-state index contributed by atoms with van der Waals surface area (Å²) in [6.45, 7) is 1.96. The van der Waals surface area contributed by atoms with E-state index in [1.165, 1.54) is 11.0 Å². The van der Waals surface area contributed by atoms with E-state index in [0.29, 0.717) is 6.54 Å². The van der Waals surface area contributed by atoms with Gasteiger partial charge in [0, 0.05) is 19.5 Å². The SMILES string of the molecule is CCCCNC(=O)[C@H](Cc1ccccc1)N(Cc1ccccc1)C(=O)CN(c1ccc(F)c(Cl)c1)S(C)(=O)=O. The molecule has 0 aliphatic heterocycles. The lowest BCUT2D eigenvalue weighted by atomic mass is 10.0. The second-order valence-corrected chi connectivity index (χ2v) is 11.5. The zero-order valence-electron chi connectivity index (χ0n) is 22.0. The molecule has 3 aromatic carbocycles. The van der Waals surface area contributed by atoms with Gasteiger partial charge in [-0.25, -0.2) is 12.8 Å². The maximum atomic E-state index is 13.9. The van der Waals surface area contributed by atoms with Crippen LogP contribution in [0.25, 0.3) is 0 Å². The van der Waals surface area contributed by atoms with Crippen LogP contribution in [-0.2, 0) is 32.6 Å². The van der Waals surface area contributed by atoms with Crippen LogP contribution >= 0.6 is 11.6 Å². The number of nitrogens with zero attached hydrogens (tertiary/aromatic N) is 2. The van der Waals surface area contributed by atoms with Crippen LogP contribution in [-0.4, -0.2) is 50.5 Å². The van der Waals surface area contributed by atoms with Gasteiger partial charge in [-0.2, -0.15) is 0 Å². The highest BCUT2D eigenvalue weighted by Gasteiger charge is 2.33. The average molecular weight is 574 g/mol. The largest absolute Gasteiger partial charge is 0.354 e. The molecule has 7 nitrogen and oxygen atoms in total. The van der Waals surface area contributed by atoms with Crippen molar-refractivity contribution in [2.45, 2.75) is 38.8 Å². The minimum absolute atomic E-state index is 0.0453. The van der Waals surface area contributed by atoms with Gasteiger partial charge in [0.15, 0.2) is 0 Å². The third-order valence-electron chi connectivity index (χ3n) is 6.17. The van der Waals surface area contributed by atoms with Crippen LogP contribution in [0, 0.1) is 5.82 Å². The Kier molecular flexibility index (Phi) is 10.9. The number of rotatable bonds is 13. The van der Waals surface area contributed by atoms with E-state index >= 15 is 0 Å². The van der Waals surface area contributed by atoms with Crippen LogP contribution in [0.4, 0.5) is 10.1 Å². The molecule has 0 aromatic heterocycles. The fraction of sp³-hybridized carbons (Fsp3) is 0.310. The van der Waals surface area contributed by atoms with Gasteiger partial charge in [0.25, 0.3) is 0 Å². The topological polar surface area (TPSA) is 86.8 Å². The van der Waals surface area contributed by atoms with Crippen LogP contribution in [0.15, 0.2) is 78.9 Å². The molecule has 39 heavy (non-hydrogen) atoms. The van der Waals surface area contributed by atoms with Crippen molar-refractivity contribution in [2.75, 3.05) is 23.7 Å². The molecule has 0 fully saturated rings. The van der Waals surface area contributed by atoms with Crippen LogP contribution in [0.2, 0.25) is 5.02 Å². The second-order valence-electron chi connectivity index (χ2n) is 9.23. The van der Waals surface area contributed by atoms with Gasteiger partial charge in [-0.1, -0.05) is 85.6 Å². The Morgan fingerprint density at radius 2 is 1.59 bits per heavy atom. The van der Waals surface area contributed by atoms with Crippen LogP contribution < -0.4 is 9.62 Å². The normalized spacial score (nSPS) is 12.0. The molecule has 3 rings (SSSR count). The summed E-state index contributed by atoms with van der Waals surface area (Å²) in [5.74, 6) is -1.62. The molecule has 3 aromatic rings. The zero-order chi connectivity index (χ0) is 28.4. The molecular weight excluding hydrogens is 541 g/mol. The van der Waals surface area contributed by atoms with Gasteiger partial charge in [-0.15, -0.1) is 0 Å². The van der Waals surface area contributed by atoms with Crippen molar-refractivity contribution >= 4 is 39.1 Å². The Morgan fingerprint density at radius 3 is 2.15 bits per heavy atom. The van der Waals surface area contributed by atoms with Crippen LogP contribution in [0.3, 0.4) is 0 Å². The smallest absolute Gasteiger partial charge is 0.244 e. The molecule has 208 valence electrons. The second kappa shape index (κ2) is 14.1. The van der Waals surface area contributed by atoms with Gasteiger partial charge >= 0.3 is 0 Å². The maximum Gasteiger partial charge on any atom is 0.244 e. The van der Waals surface area contributed by atoms with E-state index in [4.69, 9.17) is 11.6 Å². The summed E-state index contributed by atoms with van der Waals surface area (Å²) in [6, 6.07) is 21.0. The lowest BCUT2D eigenvalue weighted by Gasteiger charge is -2.33. The summed E-state index contributed by atoms with van der Waals surface area (Å²) < 4.78 is 40.2. The molecule has 0 radical (unpaired) electrons. The van der Waals surface area contributed by atoms with E-state index in [1.54, 1.807) is 0 Å². The Balaban J connectivity index is 2.02. The summed E-state index contributed by atoms with van der Waals surface area (Å²) in [5, 5.41) is 2.66. The maximum absolute atomic E-state index is 13.9. The summed E-state index contributed by atoms with van der Waals surface area (Å²) in [5.41, 5.74) is 1.68. The van der Waals surface area contributed by atoms with Gasteiger partial charge in [-0.3, -0.25) is 13.9 Å². The molecule has 10 heteroatoms. The average Bonchev–Trinajstić information content (AvgIpc) is 2.91. The van der Waals surface area contributed by atoms with Gasteiger partial charge in [-0.05, 0) is 35.7 Å². The summed E-state index contributed by atoms with van der Waals surface area (Å²) in [7, 11) is -3.97. The highest BCUT2D eigenvalue weighted by atomic mass is 35.5. The molecule has 0 spiro atoms. The third-order valence-corrected chi connectivity index (χ3v) is 7.60. The lowest BCUT2D eigenvalue weighted by Crippen LogP contribution is -2.53. The van der Waals surface area contributed by atoms with Gasteiger partial charge in [0.2, 0.25) is 21.8 Å². The van der Waals surface area contributed by atoms with Crippen molar-refractivity contribution in [3.8, 4) is 0 Å². The molecule has 0 aliphatic rings. The Bertz CT molecular complexity index is 1360. The van der Waals surface area contributed by atoms with Gasteiger partial charge < -0.3 is 10.2 Å². The van der Waals surface area contributed by atoms with E-state index in [9.17, 15) is 22.4 Å². The van der Waals surface area contributed by atoms with Crippen molar-refractivity contribution in [3.63, 3.8) is 0 Å². The van der Waals surface area contributed by atoms with E-state index in [-0.39, 0.29) is 29.6 Å². The Hall–Kier alpha value is -3.43. The first-order valence-electron chi connectivity index (χ1n) is 12.7. The van der Waals surface area contributed by atoms with E-state index in [0.717, 1.165) is 46.7 Å². The molecule has 1 atom stereocenters. The molecule has 0 saturated heterocycles. The molecular formula is C29H33ClFN3O4S. The number of amides is 2. The van der Waals surface area contributed by atoms with Crippen LogP contribution in [0.1, 0.15) is 30.9 Å². The number of nitrogens with one attached hydrogen (secondary N) is 1. The number of sulfonamides is 1. The number of carbonyl (C=O) groups is 2. The van der Waals surface area contributed by atoms with Crippen molar-refractivity contribution in [2.24, 2.45) is 0 Å². The summed E-state index contributed by atoms with van der Waals surface area (Å²) in [6.07, 6.45) is 2.86. The van der Waals surface area contributed by atoms with Crippen molar-refractivity contribution in [1.82, 2.24) is 10.2 Å². The van der Waals surface area contributed by atoms with Crippen molar-refractivity contribution in [3.05, 3.63) is 101 Å².